The van der Waals surface area contributed by atoms with Gasteiger partial charge in [0.2, 0.25) is 0 Å². The largest absolute Gasteiger partial charge is 0.507 e. The molecule has 0 saturated carbocycles. The molecule has 22 heavy (non-hydrogen) atoms. The molecule has 2 heterocycles. The molecule has 1 aromatic carbocycles. The molecule has 116 valence electrons. The van der Waals surface area contributed by atoms with Crippen LogP contribution >= 0.6 is 24.0 Å². The molecule has 0 aromatic heterocycles. The van der Waals surface area contributed by atoms with E-state index in [1.165, 1.54) is 11.0 Å². The van der Waals surface area contributed by atoms with Gasteiger partial charge < -0.3 is 5.11 Å². The van der Waals surface area contributed by atoms with E-state index in [1.54, 1.807) is 24.3 Å². The Morgan fingerprint density at radius 2 is 2.09 bits per heavy atom. The smallest absolute Gasteiger partial charge is 0.266 e. The topological polar surface area (TPSA) is 74.7 Å². The Balaban J connectivity index is 1.88. The fourth-order valence-electron chi connectivity index (χ4n) is 2.52. The second kappa shape index (κ2) is 5.68. The average molecular weight is 355 g/mol. The minimum Gasteiger partial charge on any atom is -0.507 e. The summed E-state index contributed by atoms with van der Waals surface area (Å²) in [5.74, 6) is -0.159. The molecule has 5 nitrogen and oxygen atoms in total. The molecule has 8 heteroatoms. The first kappa shape index (κ1) is 15.5. The zero-order valence-corrected chi connectivity index (χ0v) is 13.9. The zero-order valence-electron chi connectivity index (χ0n) is 11.4. The number of carbonyl (C=O) groups is 1. The van der Waals surface area contributed by atoms with E-state index in [-0.39, 0.29) is 29.2 Å². The average Bonchev–Trinajstić information content (AvgIpc) is 2.92. The van der Waals surface area contributed by atoms with Gasteiger partial charge in [-0.2, -0.15) is 0 Å². The lowest BCUT2D eigenvalue weighted by Crippen LogP contribution is -2.39. The van der Waals surface area contributed by atoms with Crippen LogP contribution in [0.5, 0.6) is 5.75 Å². The number of carbonyl (C=O) groups excluding carboxylic acids is 1. The molecule has 1 aromatic rings. The number of thioether (sulfide) groups is 1. The van der Waals surface area contributed by atoms with E-state index in [1.807, 2.05) is 0 Å². The lowest BCUT2D eigenvalue weighted by Gasteiger charge is -2.20. The number of phenols is 1. The van der Waals surface area contributed by atoms with Gasteiger partial charge in [0.1, 0.15) is 10.1 Å². The highest BCUT2D eigenvalue weighted by Crippen LogP contribution is 2.37. The number of amides is 1. The van der Waals surface area contributed by atoms with Gasteiger partial charge in [0.05, 0.1) is 22.5 Å². The van der Waals surface area contributed by atoms with Crippen molar-refractivity contribution in [3.05, 3.63) is 34.7 Å². The quantitative estimate of drug-likeness (QED) is 0.644. The van der Waals surface area contributed by atoms with E-state index in [2.05, 4.69) is 0 Å². The Hall–Kier alpha value is -1.38. The van der Waals surface area contributed by atoms with E-state index in [4.69, 9.17) is 12.2 Å². The normalized spacial score (nSPS) is 26.1. The van der Waals surface area contributed by atoms with Crippen molar-refractivity contribution in [2.75, 3.05) is 11.5 Å². The van der Waals surface area contributed by atoms with Crippen LogP contribution in [0.15, 0.2) is 29.2 Å². The highest BCUT2D eigenvalue weighted by atomic mass is 32.2. The molecular formula is C14H13NO4S3. The minimum absolute atomic E-state index is 0.0384. The van der Waals surface area contributed by atoms with E-state index in [0.717, 1.165) is 11.8 Å². The van der Waals surface area contributed by atoms with Gasteiger partial charge >= 0.3 is 0 Å². The van der Waals surface area contributed by atoms with Crippen molar-refractivity contribution in [1.82, 2.24) is 4.90 Å². The number of hydrogen-bond donors (Lipinski definition) is 1. The van der Waals surface area contributed by atoms with Crippen molar-refractivity contribution in [2.45, 2.75) is 12.5 Å². The molecule has 1 N–H and O–H groups in total. The molecule has 0 bridgehead atoms. The summed E-state index contributed by atoms with van der Waals surface area (Å²) in [6.07, 6.45) is 2.00. The summed E-state index contributed by atoms with van der Waals surface area (Å²) in [6.45, 7) is 0. The molecule has 1 atom stereocenters. The second-order valence-electron chi connectivity index (χ2n) is 5.17. The fraction of sp³-hybridized carbons (Fsp3) is 0.286. The van der Waals surface area contributed by atoms with Crippen LogP contribution in [-0.4, -0.2) is 46.2 Å². The summed E-state index contributed by atoms with van der Waals surface area (Å²) in [4.78, 5) is 14.3. The molecule has 0 aliphatic carbocycles. The van der Waals surface area contributed by atoms with E-state index < -0.39 is 9.84 Å². The molecule has 0 unspecified atom stereocenters. The highest BCUT2D eigenvalue weighted by molar-refractivity contribution is 8.26. The van der Waals surface area contributed by atoms with Crippen molar-refractivity contribution >= 4 is 50.1 Å². The zero-order chi connectivity index (χ0) is 15.9. The van der Waals surface area contributed by atoms with Gasteiger partial charge in [-0.15, -0.1) is 0 Å². The molecule has 2 aliphatic heterocycles. The number of hydrogen-bond acceptors (Lipinski definition) is 6. The molecule has 2 fully saturated rings. The first-order valence-electron chi connectivity index (χ1n) is 6.63. The second-order valence-corrected chi connectivity index (χ2v) is 9.07. The Bertz CT molecular complexity index is 785. The van der Waals surface area contributed by atoms with E-state index in [0.29, 0.717) is 21.2 Å². The van der Waals surface area contributed by atoms with Gasteiger partial charge in [-0.25, -0.2) is 8.42 Å². The Morgan fingerprint density at radius 3 is 2.73 bits per heavy atom. The van der Waals surface area contributed by atoms with Gasteiger partial charge in [-0.3, -0.25) is 9.69 Å². The monoisotopic (exact) mass is 355 g/mol. The van der Waals surface area contributed by atoms with Crippen molar-refractivity contribution in [2.24, 2.45) is 0 Å². The van der Waals surface area contributed by atoms with Crippen LogP contribution in [0.4, 0.5) is 0 Å². The number of aromatic hydroxyl groups is 1. The first-order valence-corrected chi connectivity index (χ1v) is 9.67. The fourth-order valence-corrected chi connectivity index (χ4v) is 5.62. The molecule has 3 rings (SSSR count). The molecule has 2 aliphatic rings. The van der Waals surface area contributed by atoms with Crippen LogP contribution in [0.3, 0.4) is 0 Å². The van der Waals surface area contributed by atoms with Crippen molar-refractivity contribution < 1.29 is 18.3 Å². The first-order chi connectivity index (χ1) is 10.4. The van der Waals surface area contributed by atoms with Crippen LogP contribution in [-0.2, 0) is 14.6 Å². The Kier molecular flexibility index (Phi) is 4.00. The summed E-state index contributed by atoms with van der Waals surface area (Å²) in [7, 11) is -3.09. The lowest BCUT2D eigenvalue weighted by molar-refractivity contribution is -0.123. The molecule has 2 saturated heterocycles. The van der Waals surface area contributed by atoms with Crippen LogP contribution in [0.1, 0.15) is 12.0 Å². The number of benzene rings is 1. The summed E-state index contributed by atoms with van der Waals surface area (Å²) in [5, 5.41) is 9.78. The third kappa shape index (κ3) is 2.90. The third-order valence-electron chi connectivity index (χ3n) is 3.62. The van der Waals surface area contributed by atoms with Crippen molar-refractivity contribution in [3.8, 4) is 5.75 Å². The summed E-state index contributed by atoms with van der Waals surface area (Å²) in [5.41, 5.74) is 0.530. The predicted octanol–water partition coefficient (Wildman–Crippen LogP) is 1.78. The maximum absolute atomic E-state index is 12.5. The number of thiocarbonyl (C=S) groups is 1. The van der Waals surface area contributed by atoms with Crippen molar-refractivity contribution in [1.29, 1.82) is 0 Å². The molecule has 0 spiro atoms. The Morgan fingerprint density at radius 1 is 1.36 bits per heavy atom. The molecule has 0 radical (unpaired) electrons. The van der Waals surface area contributed by atoms with Crippen molar-refractivity contribution in [3.63, 3.8) is 0 Å². The highest BCUT2D eigenvalue weighted by Gasteiger charge is 2.42. The van der Waals surface area contributed by atoms with Gasteiger partial charge in [0.15, 0.2) is 9.84 Å². The van der Waals surface area contributed by atoms with Crippen LogP contribution < -0.4 is 0 Å². The maximum atomic E-state index is 12.5. The minimum atomic E-state index is -3.09. The number of rotatable bonds is 2. The maximum Gasteiger partial charge on any atom is 0.266 e. The molecule has 1 amide bonds. The number of phenolic OH excluding ortho intramolecular Hbond substituents is 1. The standard InChI is InChI=1S/C14H13NO4S3/c16-11-4-2-1-3-9(11)7-12-13(17)15(14(20)21-12)10-5-6-22(18,19)8-10/h1-4,7,10,16H,5-6,8H2/b12-7-/t10-/m1/s1. The summed E-state index contributed by atoms with van der Waals surface area (Å²) >= 11 is 6.36. The number of nitrogens with zero attached hydrogens (tertiary/aromatic N) is 1. The SMILES string of the molecule is O=C1/C(=C/c2ccccc2O)SC(=S)N1[C@@H]1CCS(=O)(=O)C1. The molecular weight excluding hydrogens is 342 g/mol. The van der Waals surface area contributed by atoms with E-state index >= 15 is 0 Å². The predicted molar refractivity (Wildman–Crippen MR) is 90.2 cm³/mol. The van der Waals surface area contributed by atoms with Gasteiger partial charge in [-0.1, -0.05) is 42.2 Å². The number of para-hydroxylation sites is 1. The van der Waals surface area contributed by atoms with Gasteiger partial charge in [-0.05, 0) is 18.6 Å². The lowest BCUT2D eigenvalue weighted by atomic mass is 10.1. The van der Waals surface area contributed by atoms with Crippen LogP contribution in [0.25, 0.3) is 6.08 Å². The van der Waals surface area contributed by atoms with Crippen LogP contribution in [0, 0.1) is 0 Å². The van der Waals surface area contributed by atoms with Crippen LogP contribution in [0.2, 0.25) is 0 Å². The summed E-state index contributed by atoms with van der Waals surface area (Å²) < 4.78 is 23.6. The van der Waals surface area contributed by atoms with Gasteiger partial charge in [0, 0.05) is 5.56 Å². The number of sulfone groups is 1. The third-order valence-corrected chi connectivity index (χ3v) is 6.70. The Labute approximate surface area is 137 Å². The summed E-state index contributed by atoms with van der Waals surface area (Å²) in [6, 6.07) is 6.31. The van der Waals surface area contributed by atoms with Gasteiger partial charge in [0.25, 0.3) is 5.91 Å². The van der Waals surface area contributed by atoms with E-state index in [9.17, 15) is 18.3 Å².